The molecule has 0 bridgehead atoms. The van der Waals surface area contributed by atoms with E-state index in [-0.39, 0.29) is 18.1 Å². The van der Waals surface area contributed by atoms with Gasteiger partial charge in [-0.3, -0.25) is 0 Å². The Kier molecular flexibility index (Phi) is 3.94. The summed E-state index contributed by atoms with van der Waals surface area (Å²) in [4.78, 5) is 11.1. The summed E-state index contributed by atoms with van der Waals surface area (Å²) in [7, 11) is 0. The van der Waals surface area contributed by atoms with E-state index in [0.29, 0.717) is 5.82 Å². The average molecular weight is 264 g/mol. The van der Waals surface area contributed by atoms with Gasteiger partial charge >= 0.3 is 0 Å². The van der Waals surface area contributed by atoms with Crippen molar-refractivity contribution in [3.05, 3.63) is 11.9 Å². The predicted molar refractivity (Wildman–Crippen MR) is 77.2 cm³/mol. The molecule has 5 heteroatoms. The summed E-state index contributed by atoms with van der Waals surface area (Å²) < 4.78 is 0. The van der Waals surface area contributed by atoms with E-state index in [4.69, 9.17) is 5.73 Å². The van der Waals surface area contributed by atoms with Crippen LogP contribution in [0.4, 0.5) is 11.6 Å². The maximum Gasteiger partial charge on any atom is 0.138 e. The van der Waals surface area contributed by atoms with Gasteiger partial charge in [0.2, 0.25) is 0 Å². The Hall–Kier alpha value is -1.36. The second kappa shape index (κ2) is 5.33. The molecule has 5 nitrogen and oxygen atoms in total. The highest BCUT2D eigenvalue weighted by Crippen LogP contribution is 2.27. The summed E-state index contributed by atoms with van der Waals surface area (Å²) in [6.45, 7) is 7.31. The van der Waals surface area contributed by atoms with Crippen LogP contribution in [0.1, 0.15) is 45.9 Å². The minimum Gasteiger partial charge on any atom is -0.394 e. The summed E-state index contributed by atoms with van der Waals surface area (Å²) in [5, 5.41) is 9.50. The van der Waals surface area contributed by atoms with Crippen LogP contribution in [0, 0.1) is 0 Å². The van der Waals surface area contributed by atoms with Crippen molar-refractivity contribution < 1.29 is 5.11 Å². The second-order valence-corrected chi connectivity index (χ2v) is 6.25. The standard InChI is InChI=1S/C14H24N4O/c1-14(2,3)13-16-11(15)8-12(17-13)18-7-5-4-6-10(18)9-19/h8,10,19H,4-7,9H2,1-3H3,(H2,15,16,17). The Bertz CT molecular complexity index is 442. The minimum absolute atomic E-state index is 0.130. The van der Waals surface area contributed by atoms with E-state index >= 15 is 0 Å². The first kappa shape index (κ1) is 14.1. The van der Waals surface area contributed by atoms with E-state index in [1.54, 1.807) is 0 Å². The Morgan fingerprint density at radius 2 is 2.11 bits per heavy atom. The highest BCUT2D eigenvalue weighted by atomic mass is 16.3. The van der Waals surface area contributed by atoms with Crippen LogP contribution in [0.15, 0.2) is 6.07 Å². The van der Waals surface area contributed by atoms with E-state index < -0.39 is 0 Å². The highest BCUT2D eigenvalue weighted by molar-refractivity contribution is 5.48. The topological polar surface area (TPSA) is 75.3 Å². The van der Waals surface area contributed by atoms with Crippen molar-refractivity contribution in [1.82, 2.24) is 9.97 Å². The average Bonchev–Trinajstić information content (AvgIpc) is 2.37. The summed E-state index contributed by atoms with van der Waals surface area (Å²) in [6.07, 6.45) is 3.30. The predicted octanol–water partition coefficient (Wildman–Crippen LogP) is 1.71. The van der Waals surface area contributed by atoms with Crippen LogP contribution < -0.4 is 10.6 Å². The first-order valence-electron chi connectivity index (χ1n) is 6.94. The van der Waals surface area contributed by atoms with Gasteiger partial charge in [-0.25, -0.2) is 9.97 Å². The molecule has 1 aromatic rings. The van der Waals surface area contributed by atoms with E-state index in [1.807, 2.05) is 6.07 Å². The number of piperidine rings is 1. The first-order chi connectivity index (χ1) is 8.91. The van der Waals surface area contributed by atoms with Gasteiger partial charge in [0.25, 0.3) is 0 Å². The molecule has 2 rings (SSSR count). The molecule has 0 spiro atoms. The number of hydrogen-bond donors (Lipinski definition) is 2. The van der Waals surface area contributed by atoms with Gasteiger partial charge in [-0.05, 0) is 19.3 Å². The van der Waals surface area contributed by atoms with Crippen LogP contribution in [-0.2, 0) is 5.41 Å². The lowest BCUT2D eigenvalue weighted by atomic mass is 9.95. The molecule has 3 N–H and O–H groups in total. The second-order valence-electron chi connectivity index (χ2n) is 6.25. The summed E-state index contributed by atoms with van der Waals surface area (Å²) >= 11 is 0. The molecule has 0 aromatic carbocycles. The van der Waals surface area contributed by atoms with Crippen LogP contribution in [0.3, 0.4) is 0 Å². The zero-order chi connectivity index (χ0) is 14.0. The zero-order valence-electron chi connectivity index (χ0n) is 12.1. The van der Waals surface area contributed by atoms with E-state index in [1.165, 1.54) is 0 Å². The number of nitrogens with two attached hydrogens (primary N) is 1. The molecule has 0 saturated carbocycles. The van der Waals surface area contributed by atoms with Gasteiger partial charge in [0.1, 0.15) is 17.5 Å². The monoisotopic (exact) mass is 264 g/mol. The molecule has 0 radical (unpaired) electrons. The molecule has 1 saturated heterocycles. The van der Waals surface area contributed by atoms with Gasteiger partial charge in [-0.2, -0.15) is 0 Å². The lowest BCUT2D eigenvalue weighted by Gasteiger charge is -2.36. The fourth-order valence-electron chi connectivity index (χ4n) is 2.43. The van der Waals surface area contributed by atoms with E-state index in [9.17, 15) is 5.11 Å². The Morgan fingerprint density at radius 3 is 2.74 bits per heavy atom. The van der Waals surface area contributed by atoms with Gasteiger partial charge in [0, 0.05) is 18.0 Å². The minimum atomic E-state index is -0.130. The van der Waals surface area contributed by atoms with Crippen molar-refractivity contribution >= 4 is 11.6 Å². The Labute approximate surface area is 114 Å². The number of nitrogen functional groups attached to an aromatic ring is 1. The third-order valence-corrected chi connectivity index (χ3v) is 3.54. The van der Waals surface area contributed by atoms with E-state index in [0.717, 1.165) is 37.4 Å². The van der Waals surface area contributed by atoms with Crippen LogP contribution in [0.25, 0.3) is 0 Å². The molecule has 1 aromatic heterocycles. The lowest BCUT2D eigenvalue weighted by Crippen LogP contribution is -2.42. The molecule has 1 aliphatic heterocycles. The normalized spacial score (nSPS) is 20.6. The van der Waals surface area contributed by atoms with Gasteiger partial charge in [-0.15, -0.1) is 0 Å². The van der Waals surface area contributed by atoms with Gasteiger partial charge in [0.15, 0.2) is 0 Å². The number of rotatable bonds is 2. The van der Waals surface area contributed by atoms with Crippen LogP contribution >= 0.6 is 0 Å². The van der Waals surface area contributed by atoms with Gasteiger partial charge in [0.05, 0.1) is 12.6 Å². The number of aliphatic hydroxyl groups is 1. The number of aromatic nitrogens is 2. The van der Waals surface area contributed by atoms with E-state index in [2.05, 4.69) is 35.6 Å². The number of nitrogens with zero attached hydrogens (tertiary/aromatic N) is 3. The fourth-order valence-corrected chi connectivity index (χ4v) is 2.43. The molecular weight excluding hydrogens is 240 g/mol. The van der Waals surface area contributed by atoms with Gasteiger partial charge < -0.3 is 15.7 Å². The number of anilines is 2. The lowest BCUT2D eigenvalue weighted by molar-refractivity contribution is 0.239. The third-order valence-electron chi connectivity index (χ3n) is 3.54. The van der Waals surface area contributed by atoms with Crippen LogP contribution in [-0.4, -0.2) is 34.3 Å². The summed E-state index contributed by atoms with van der Waals surface area (Å²) in [5.74, 6) is 2.10. The van der Waals surface area contributed by atoms with Gasteiger partial charge in [-0.1, -0.05) is 20.8 Å². The number of aliphatic hydroxyl groups excluding tert-OH is 1. The highest BCUT2D eigenvalue weighted by Gasteiger charge is 2.25. The van der Waals surface area contributed by atoms with Crippen molar-refractivity contribution in [2.45, 2.75) is 51.5 Å². The smallest absolute Gasteiger partial charge is 0.138 e. The molecule has 19 heavy (non-hydrogen) atoms. The third kappa shape index (κ3) is 3.15. The van der Waals surface area contributed by atoms with Crippen LogP contribution in [0.2, 0.25) is 0 Å². The SMILES string of the molecule is CC(C)(C)c1nc(N)cc(N2CCCCC2CO)n1. The van der Waals surface area contributed by atoms with Crippen molar-refractivity contribution in [3.8, 4) is 0 Å². The quantitative estimate of drug-likeness (QED) is 0.850. The van der Waals surface area contributed by atoms with Crippen molar-refractivity contribution in [3.63, 3.8) is 0 Å². The molecule has 1 unspecified atom stereocenters. The molecule has 1 fully saturated rings. The van der Waals surface area contributed by atoms with Crippen molar-refractivity contribution in [2.24, 2.45) is 0 Å². The van der Waals surface area contributed by atoms with Crippen molar-refractivity contribution in [1.29, 1.82) is 0 Å². The largest absolute Gasteiger partial charge is 0.394 e. The maximum absolute atomic E-state index is 9.50. The Morgan fingerprint density at radius 1 is 1.37 bits per heavy atom. The molecule has 2 heterocycles. The first-order valence-corrected chi connectivity index (χ1v) is 6.94. The van der Waals surface area contributed by atoms with Crippen LogP contribution in [0.5, 0.6) is 0 Å². The van der Waals surface area contributed by atoms with Crippen molar-refractivity contribution in [2.75, 3.05) is 23.8 Å². The Balaban J connectivity index is 2.35. The molecule has 0 amide bonds. The molecule has 1 aliphatic rings. The zero-order valence-corrected chi connectivity index (χ0v) is 12.1. The molecular formula is C14H24N4O. The molecule has 1 atom stereocenters. The maximum atomic E-state index is 9.50. The molecule has 106 valence electrons. The summed E-state index contributed by atoms with van der Waals surface area (Å²) in [5.41, 5.74) is 5.78. The number of hydrogen-bond acceptors (Lipinski definition) is 5. The summed E-state index contributed by atoms with van der Waals surface area (Å²) in [6, 6.07) is 1.96. The fraction of sp³-hybridized carbons (Fsp3) is 0.714. The molecule has 0 aliphatic carbocycles.